The average Bonchev–Trinajstić information content (AvgIpc) is 2.93. The third kappa shape index (κ3) is 2.68. The number of esters is 1. The number of hydrogen-bond donors (Lipinski definition) is 1. The van der Waals surface area contributed by atoms with Gasteiger partial charge in [-0.15, -0.1) is 0 Å². The molecule has 31 heavy (non-hydrogen) atoms. The largest absolute Gasteiger partial charge is 0.458 e. The Labute approximate surface area is 182 Å². The van der Waals surface area contributed by atoms with Crippen molar-refractivity contribution in [1.82, 2.24) is 0 Å². The maximum absolute atomic E-state index is 13.3. The van der Waals surface area contributed by atoms with Gasteiger partial charge in [0.2, 0.25) is 0 Å². The lowest BCUT2D eigenvalue weighted by atomic mass is 9.42. The summed E-state index contributed by atoms with van der Waals surface area (Å²) < 4.78 is 5.91. The molecule has 2 bridgehead atoms. The van der Waals surface area contributed by atoms with Gasteiger partial charge < -0.3 is 9.84 Å². The summed E-state index contributed by atoms with van der Waals surface area (Å²) in [5.41, 5.74) is 0.149. The number of ether oxygens (including phenoxy) is 1. The summed E-state index contributed by atoms with van der Waals surface area (Å²) in [6, 6.07) is 8.99. The number of aliphatic hydroxyl groups is 1. The fourth-order valence-electron chi connectivity index (χ4n) is 7.48. The Morgan fingerprint density at radius 1 is 1.19 bits per heavy atom. The molecule has 0 saturated heterocycles. The van der Waals surface area contributed by atoms with Crippen LogP contribution >= 0.6 is 0 Å². The molecule has 5 heteroatoms. The van der Waals surface area contributed by atoms with E-state index in [1.165, 1.54) is 0 Å². The molecule has 0 radical (unpaired) electrons. The minimum absolute atomic E-state index is 0.00349. The Morgan fingerprint density at radius 2 is 1.90 bits per heavy atom. The highest BCUT2D eigenvalue weighted by Crippen LogP contribution is 2.67. The summed E-state index contributed by atoms with van der Waals surface area (Å²) in [5, 5.41) is 11.3. The highest BCUT2D eigenvalue weighted by molar-refractivity contribution is 6.13. The molecule has 1 aromatic rings. The fraction of sp³-hybridized carbons (Fsp3) is 0.577. The number of benzene rings is 1. The third-order valence-electron chi connectivity index (χ3n) is 9.04. The van der Waals surface area contributed by atoms with Crippen LogP contribution in [0.25, 0.3) is 0 Å². The van der Waals surface area contributed by atoms with Crippen molar-refractivity contribution in [2.75, 3.05) is 0 Å². The molecule has 8 atom stereocenters. The summed E-state index contributed by atoms with van der Waals surface area (Å²) in [5.74, 6) is -1.17. The quantitative estimate of drug-likeness (QED) is 0.446. The standard InChI is InChI=1S/C26H30O5/c1-14-13-26-20(12-18(27)22(14)23(26)29)25(3)10-9-19(15(2)17(25)11-21(26)28)31-24(30)16-7-5-4-6-8-16/h4-8,13,15,17,19-22,28H,9-12H2,1-3H3/t15?,17-,19+,20?,21-,22-,25?,26+/m1/s1. The van der Waals surface area contributed by atoms with Crippen molar-refractivity contribution in [3.8, 4) is 0 Å². The molecule has 3 unspecified atom stereocenters. The lowest BCUT2D eigenvalue weighted by Crippen LogP contribution is -2.65. The molecule has 0 aromatic heterocycles. The van der Waals surface area contributed by atoms with E-state index in [1.54, 1.807) is 12.1 Å². The summed E-state index contributed by atoms with van der Waals surface area (Å²) in [7, 11) is 0. The van der Waals surface area contributed by atoms with Crippen molar-refractivity contribution >= 4 is 17.5 Å². The predicted octanol–water partition coefficient (Wildman–Crippen LogP) is 3.75. The molecule has 164 valence electrons. The lowest BCUT2D eigenvalue weighted by molar-refractivity contribution is -0.188. The Balaban J connectivity index is 1.44. The van der Waals surface area contributed by atoms with Crippen molar-refractivity contribution in [2.45, 2.75) is 58.7 Å². The SMILES string of the molecule is CC1=C[C@]23C(=O)[C@H]1C(=O)CC2C1(C)CC[C@H](OC(=O)c2ccccc2)C(C)[C@H]1C[C@H]3O. The normalized spacial score (nSPS) is 43.7. The van der Waals surface area contributed by atoms with E-state index in [9.17, 15) is 19.5 Å². The van der Waals surface area contributed by atoms with Gasteiger partial charge in [0.05, 0.1) is 23.0 Å². The minimum atomic E-state index is -0.929. The topological polar surface area (TPSA) is 80.7 Å². The fourth-order valence-corrected chi connectivity index (χ4v) is 7.48. The van der Waals surface area contributed by atoms with E-state index in [0.717, 1.165) is 12.0 Å². The Bertz CT molecular complexity index is 981. The minimum Gasteiger partial charge on any atom is -0.458 e. The Hall–Kier alpha value is -2.27. The molecule has 0 heterocycles. The van der Waals surface area contributed by atoms with Crippen LogP contribution in [0.2, 0.25) is 0 Å². The van der Waals surface area contributed by atoms with Crippen LogP contribution in [0.1, 0.15) is 56.8 Å². The number of hydrogen-bond acceptors (Lipinski definition) is 5. The molecule has 1 aromatic carbocycles. The van der Waals surface area contributed by atoms with E-state index in [2.05, 4.69) is 13.8 Å². The second kappa shape index (κ2) is 6.86. The maximum atomic E-state index is 13.3. The van der Waals surface area contributed by atoms with Gasteiger partial charge in [-0.1, -0.05) is 43.7 Å². The molecule has 5 nitrogen and oxygen atoms in total. The summed E-state index contributed by atoms with van der Waals surface area (Å²) in [4.78, 5) is 38.9. The Morgan fingerprint density at radius 3 is 2.61 bits per heavy atom. The highest BCUT2D eigenvalue weighted by Gasteiger charge is 2.70. The smallest absolute Gasteiger partial charge is 0.338 e. The molecule has 4 aliphatic carbocycles. The van der Waals surface area contributed by atoms with Crippen LogP contribution in [0.4, 0.5) is 0 Å². The van der Waals surface area contributed by atoms with E-state index < -0.39 is 17.4 Å². The van der Waals surface area contributed by atoms with Crippen molar-refractivity contribution in [1.29, 1.82) is 0 Å². The molecule has 0 aliphatic heterocycles. The monoisotopic (exact) mass is 422 g/mol. The predicted molar refractivity (Wildman–Crippen MR) is 114 cm³/mol. The number of fused-ring (bicyclic) bond motifs is 3. The summed E-state index contributed by atoms with van der Waals surface area (Å²) in [6.07, 6.45) is 3.18. The zero-order chi connectivity index (χ0) is 22.1. The molecule has 1 N–H and O–H groups in total. The molecule has 1 spiro atoms. The second-order valence-electron chi connectivity index (χ2n) is 10.4. The number of allylic oxidation sites excluding steroid dienone is 1. The number of aliphatic hydroxyl groups excluding tert-OH is 1. The number of rotatable bonds is 2. The molecule has 3 fully saturated rings. The van der Waals surface area contributed by atoms with Crippen LogP contribution < -0.4 is 0 Å². The average molecular weight is 423 g/mol. The van der Waals surface area contributed by atoms with Gasteiger partial charge in [-0.05, 0) is 61.5 Å². The lowest BCUT2D eigenvalue weighted by Gasteiger charge is -2.62. The molecule has 4 aliphatic rings. The van der Waals surface area contributed by atoms with Gasteiger partial charge in [-0.2, -0.15) is 0 Å². The van der Waals surface area contributed by atoms with Gasteiger partial charge in [-0.3, -0.25) is 9.59 Å². The summed E-state index contributed by atoms with van der Waals surface area (Å²) >= 11 is 0. The first-order valence-electron chi connectivity index (χ1n) is 11.4. The number of carbonyl (C=O) groups excluding carboxylic acids is 3. The van der Waals surface area contributed by atoms with Gasteiger partial charge >= 0.3 is 5.97 Å². The second-order valence-corrected chi connectivity index (χ2v) is 10.4. The van der Waals surface area contributed by atoms with E-state index in [1.807, 2.05) is 31.2 Å². The van der Waals surface area contributed by atoms with E-state index in [0.29, 0.717) is 24.8 Å². The van der Waals surface area contributed by atoms with E-state index in [4.69, 9.17) is 4.74 Å². The summed E-state index contributed by atoms with van der Waals surface area (Å²) in [6.45, 7) is 6.12. The van der Waals surface area contributed by atoms with Crippen LogP contribution in [0.3, 0.4) is 0 Å². The molecular weight excluding hydrogens is 392 g/mol. The van der Waals surface area contributed by atoms with Crippen molar-refractivity contribution < 1.29 is 24.2 Å². The third-order valence-corrected chi connectivity index (χ3v) is 9.04. The zero-order valence-corrected chi connectivity index (χ0v) is 18.3. The van der Waals surface area contributed by atoms with Crippen molar-refractivity contribution in [2.24, 2.45) is 34.5 Å². The van der Waals surface area contributed by atoms with Gasteiger partial charge in [0.25, 0.3) is 0 Å². The van der Waals surface area contributed by atoms with Crippen molar-refractivity contribution in [3.05, 3.63) is 47.5 Å². The van der Waals surface area contributed by atoms with Gasteiger partial charge in [0, 0.05) is 6.42 Å². The number of carbonyl (C=O) groups is 3. The zero-order valence-electron chi connectivity index (χ0n) is 18.3. The van der Waals surface area contributed by atoms with Crippen LogP contribution in [0.15, 0.2) is 42.0 Å². The Kier molecular flexibility index (Phi) is 4.57. The van der Waals surface area contributed by atoms with Gasteiger partial charge in [-0.25, -0.2) is 4.79 Å². The highest BCUT2D eigenvalue weighted by atomic mass is 16.5. The van der Waals surface area contributed by atoms with Crippen LogP contribution in [0, 0.1) is 34.5 Å². The number of Topliss-reactive ketones (excluding diaryl/α,β-unsaturated/α-hetero) is 2. The first-order valence-corrected chi connectivity index (χ1v) is 11.4. The van der Waals surface area contributed by atoms with Gasteiger partial charge in [0.1, 0.15) is 11.9 Å². The van der Waals surface area contributed by atoms with E-state index in [-0.39, 0.29) is 46.8 Å². The first-order chi connectivity index (χ1) is 14.7. The van der Waals surface area contributed by atoms with Crippen LogP contribution in [-0.2, 0) is 14.3 Å². The van der Waals surface area contributed by atoms with Crippen LogP contribution in [-0.4, -0.2) is 34.9 Å². The van der Waals surface area contributed by atoms with Crippen molar-refractivity contribution in [3.63, 3.8) is 0 Å². The maximum Gasteiger partial charge on any atom is 0.338 e. The molecule has 3 saturated carbocycles. The van der Waals surface area contributed by atoms with Crippen LogP contribution in [0.5, 0.6) is 0 Å². The van der Waals surface area contributed by atoms with E-state index >= 15 is 0 Å². The van der Waals surface area contributed by atoms with Gasteiger partial charge in [0.15, 0.2) is 5.78 Å². The first kappa shape index (κ1) is 20.6. The molecule has 5 rings (SSSR count). The molecular formula is C26H30O5. The molecule has 0 amide bonds. The number of ketones is 2.